The molecule has 1 aromatic carbocycles. The Morgan fingerprint density at radius 1 is 1.12 bits per heavy atom. The second-order valence-electron chi connectivity index (χ2n) is 8.40. The van der Waals surface area contributed by atoms with Crippen LogP contribution in [0.25, 0.3) is 0 Å². The number of allylic oxidation sites excluding steroid dienone is 2. The molecule has 3 aliphatic rings. The lowest BCUT2D eigenvalue weighted by atomic mass is 9.67. The molecule has 1 aromatic rings. The number of nitrogens with zero attached hydrogens (tertiary/aromatic N) is 1. The highest BCUT2D eigenvalue weighted by atomic mass is 16.2. The van der Waals surface area contributed by atoms with Crippen molar-refractivity contribution in [2.75, 3.05) is 19.6 Å². The van der Waals surface area contributed by atoms with Crippen molar-refractivity contribution in [3.8, 4) is 0 Å². The first-order valence-electron chi connectivity index (χ1n) is 9.83. The van der Waals surface area contributed by atoms with Crippen molar-refractivity contribution in [3.05, 3.63) is 48.0 Å². The lowest BCUT2D eigenvalue weighted by Crippen LogP contribution is -2.51. The Balaban J connectivity index is 1.50. The van der Waals surface area contributed by atoms with Gasteiger partial charge in [-0.25, -0.2) is 0 Å². The van der Waals surface area contributed by atoms with Gasteiger partial charge in [-0.05, 0) is 37.7 Å². The van der Waals surface area contributed by atoms with Crippen molar-refractivity contribution < 1.29 is 9.59 Å². The third kappa shape index (κ3) is 2.76. The average Bonchev–Trinajstić information content (AvgIpc) is 2.99. The largest absolute Gasteiger partial charge is 0.355 e. The number of likely N-dealkylation sites (tertiary alicyclic amines) is 1. The molecule has 1 spiro atoms. The van der Waals surface area contributed by atoms with Crippen LogP contribution in [0.4, 0.5) is 0 Å². The molecular formula is C22H28N2O2. The molecule has 2 atom stereocenters. The number of nitrogens with one attached hydrogen (secondary N) is 1. The summed E-state index contributed by atoms with van der Waals surface area (Å²) in [4.78, 5) is 27.9. The minimum absolute atomic E-state index is 0.172. The van der Waals surface area contributed by atoms with Gasteiger partial charge in [-0.3, -0.25) is 9.59 Å². The molecule has 2 saturated heterocycles. The Hall–Kier alpha value is -2.10. The maximum Gasteiger partial charge on any atom is 0.228 e. The van der Waals surface area contributed by atoms with Crippen LogP contribution in [-0.4, -0.2) is 36.3 Å². The van der Waals surface area contributed by atoms with E-state index in [1.165, 1.54) is 5.56 Å². The molecule has 0 saturated carbocycles. The third-order valence-corrected chi connectivity index (χ3v) is 6.84. The molecule has 1 aliphatic carbocycles. The Labute approximate surface area is 155 Å². The van der Waals surface area contributed by atoms with Crippen LogP contribution < -0.4 is 5.32 Å². The Bertz CT molecular complexity index is 719. The Morgan fingerprint density at radius 3 is 2.50 bits per heavy atom. The van der Waals surface area contributed by atoms with Gasteiger partial charge in [-0.1, -0.05) is 49.4 Å². The van der Waals surface area contributed by atoms with Crippen LogP contribution in [0, 0.1) is 10.8 Å². The summed E-state index contributed by atoms with van der Waals surface area (Å²) in [5.41, 5.74) is 0.608. The average molecular weight is 352 g/mol. The van der Waals surface area contributed by atoms with E-state index in [1.54, 1.807) is 0 Å². The molecule has 0 radical (unpaired) electrons. The highest BCUT2D eigenvalue weighted by Crippen LogP contribution is 2.48. The summed E-state index contributed by atoms with van der Waals surface area (Å²) >= 11 is 0. The fraction of sp³-hybridized carbons (Fsp3) is 0.545. The standard InChI is InChI=1S/C22H28N2O2/c1-21(10-6-3-7-11-21)20(26)24-14-12-22(13-15-24)18(16-23-19(22)25)17-8-4-2-5-9-17/h2-6,8-9,18H,7,10-16H2,1H3,(H,23,25). The zero-order valence-electron chi connectivity index (χ0n) is 15.5. The van der Waals surface area contributed by atoms with Gasteiger partial charge in [0.1, 0.15) is 0 Å². The summed E-state index contributed by atoms with van der Waals surface area (Å²) in [5.74, 6) is 0.651. The predicted octanol–water partition coefficient (Wildman–Crippen LogP) is 3.26. The fourth-order valence-corrected chi connectivity index (χ4v) is 5.07. The van der Waals surface area contributed by atoms with E-state index in [0.717, 1.165) is 32.1 Å². The summed E-state index contributed by atoms with van der Waals surface area (Å²) < 4.78 is 0. The van der Waals surface area contributed by atoms with E-state index in [9.17, 15) is 9.59 Å². The monoisotopic (exact) mass is 352 g/mol. The molecule has 26 heavy (non-hydrogen) atoms. The van der Waals surface area contributed by atoms with Crippen LogP contribution in [0.3, 0.4) is 0 Å². The number of hydrogen-bond donors (Lipinski definition) is 1. The van der Waals surface area contributed by atoms with E-state index in [1.807, 2.05) is 23.1 Å². The first-order valence-corrected chi connectivity index (χ1v) is 9.83. The van der Waals surface area contributed by atoms with Gasteiger partial charge in [0.25, 0.3) is 0 Å². The number of benzene rings is 1. The first-order chi connectivity index (χ1) is 12.6. The van der Waals surface area contributed by atoms with Crippen LogP contribution in [0.15, 0.2) is 42.5 Å². The molecule has 1 N–H and O–H groups in total. The molecule has 4 rings (SSSR count). The highest BCUT2D eigenvalue weighted by Gasteiger charge is 2.53. The predicted molar refractivity (Wildman–Crippen MR) is 102 cm³/mol. The SMILES string of the molecule is CC1(C(=O)N2CCC3(CC2)C(=O)NCC3c2ccccc2)CC=CCC1. The Kier molecular flexibility index (Phi) is 4.37. The van der Waals surface area contributed by atoms with Crippen LogP contribution in [0.2, 0.25) is 0 Å². The fourth-order valence-electron chi connectivity index (χ4n) is 5.07. The number of hydrogen-bond acceptors (Lipinski definition) is 2. The molecule has 2 heterocycles. The summed E-state index contributed by atoms with van der Waals surface area (Å²) in [6.07, 6.45) is 8.58. The van der Waals surface area contributed by atoms with E-state index in [-0.39, 0.29) is 28.6 Å². The molecule has 0 aromatic heterocycles. The zero-order chi connectivity index (χ0) is 18.2. The van der Waals surface area contributed by atoms with Gasteiger partial charge in [-0.2, -0.15) is 0 Å². The highest BCUT2D eigenvalue weighted by molar-refractivity contribution is 5.88. The Morgan fingerprint density at radius 2 is 1.85 bits per heavy atom. The minimum Gasteiger partial charge on any atom is -0.355 e. The molecule has 2 aliphatic heterocycles. The van der Waals surface area contributed by atoms with Gasteiger partial charge in [0.05, 0.1) is 10.8 Å². The summed E-state index contributed by atoms with van der Waals surface area (Å²) in [5, 5.41) is 3.09. The number of amides is 2. The maximum absolute atomic E-state index is 13.1. The molecule has 2 fully saturated rings. The molecule has 4 nitrogen and oxygen atoms in total. The second-order valence-corrected chi connectivity index (χ2v) is 8.40. The van der Waals surface area contributed by atoms with E-state index in [2.05, 4.69) is 36.5 Å². The molecule has 138 valence electrons. The van der Waals surface area contributed by atoms with Crippen molar-refractivity contribution in [3.63, 3.8) is 0 Å². The van der Waals surface area contributed by atoms with Crippen LogP contribution in [0.1, 0.15) is 50.5 Å². The van der Waals surface area contributed by atoms with Gasteiger partial charge in [0.15, 0.2) is 0 Å². The van der Waals surface area contributed by atoms with Gasteiger partial charge in [0, 0.05) is 25.6 Å². The van der Waals surface area contributed by atoms with Crippen molar-refractivity contribution in [1.82, 2.24) is 10.2 Å². The molecular weight excluding hydrogens is 324 g/mol. The van der Waals surface area contributed by atoms with Crippen LogP contribution >= 0.6 is 0 Å². The van der Waals surface area contributed by atoms with Crippen LogP contribution in [-0.2, 0) is 9.59 Å². The molecule has 2 unspecified atom stereocenters. The van der Waals surface area contributed by atoms with Crippen molar-refractivity contribution in [2.24, 2.45) is 10.8 Å². The summed E-state index contributed by atoms with van der Waals surface area (Å²) in [7, 11) is 0. The van der Waals surface area contributed by atoms with Gasteiger partial charge in [0.2, 0.25) is 11.8 Å². The number of carbonyl (C=O) groups is 2. The lowest BCUT2D eigenvalue weighted by molar-refractivity contribution is -0.146. The molecule has 2 amide bonds. The van der Waals surface area contributed by atoms with Gasteiger partial charge >= 0.3 is 0 Å². The lowest BCUT2D eigenvalue weighted by Gasteiger charge is -2.44. The van der Waals surface area contributed by atoms with Gasteiger partial charge < -0.3 is 10.2 Å². The van der Waals surface area contributed by atoms with E-state index < -0.39 is 0 Å². The summed E-state index contributed by atoms with van der Waals surface area (Å²) in [6.45, 7) is 4.18. The summed E-state index contributed by atoms with van der Waals surface area (Å²) in [6, 6.07) is 10.4. The van der Waals surface area contributed by atoms with Crippen LogP contribution in [0.5, 0.6) is 0 Å². The third-order valence-electron chi connectivity index (χ3n) is 6.84. The van der Waals surface area contributed by atoms with E-state index in [4.69, 9.17) is 0 Å². The van der Waals surface area contributed by atoms with E-state index >= 15 is 0 Å². The number of carbonyl (C=O) groups excluding carboxylic acids is 2. The van der Waals surface area contributed by atoms with Gasteiger partial charge in [-0.15, -0.1) is 0 Å². The number of rotatable bonds is 2. The molecule has 4 heteroatoms. The normalized spacial score (nSPS) is 30.4. The maximum atomic E-state index is 13.1. The van der Waals surface area contributed by atoms with Crippen molar-refractivity contribution >= 4 is 11.8 Å². The minimum atomic E-state index is -0.356. The number of piperidine rings is 1. The first kappa shape index (κ1) is 17.3. The second kappa shape index (κ2) is 6.57. The smallest absolute Gasteiger partial charge is 0.228 e. The topological polar surface area (TPSA) is 49.4 Å². The molecule has 0 bridgehead atoms. The van der Waals surface area contributed by atoms with Crippen molar-refractivity contribution in [1.29, 1.82) is 0 Å². The van der Waals surface area contributed by atoms with Crippen molar-refractivity contribution in [2.45, 2.75) is 44.9 Å². The van der Waals surface area contributed by atoms with E-state index in [0.29, 0.717) is 19.6 Å². The zero-order valence-corrected chi connectivity index (χ0v) is 15.5. The quantitative estimate of drug-likeness (QED) is 0.831.